The quantitative estimate of drug-likeness (QED) is 0.835. The van der Waals surface area contributed by atoms with Crippen LogP contribution in [0.25, 0.3) is 0 Å². The van der Waals surface area contributed by atoms with Crippen molar-refractivity contribution in [3.63, 3.8) is 0 Å². The van der Waals surface area contributed by atoms with Crippen LogP contribution in [0.2, 0.25) is 0 Å². The van der Waals surface area contributed by atoms with Crippen molar-refractivity contribution in [1.29, 1.82) is 0 Å². The van der Waals surface area contributed by atoms with Crippen molar-refractivity contribution in [3.8, 4) is 5.75 Å². The molecule has 0 bridgehead atoms. The Labute approximate surface area is 118 Å². The van der Waals surface area contributed by atoms with Gasteiger partial charge in [0.25, 0.3) is 0 Å². The number of hydrogen-bond donors (Lipinski definition) is 1. The molecule has 0 radical (unpaired) electrons. The van der Waals surface area contributed by atoms with Gasteiger partial charge in [-0.15, -0.1) is 0 Å². The van der Waals surface area contributed by atoms with Gasteiger partial charge in [-0.25, -0.2) is 4.39 Å². The first kappa shape index (κ1) is 13.0. The van der Waals surface area contributed by atoms with E-state index in [2.05, 4.69) is 24.4 Å². The van der Waals surface area contributed by atoms with Gasteiger partial charge in [-0.1, -0.05) is 18.2 Å². The summed E-state index contributed by atoms with van der Waals surface area (Å²) >= 11 is 0. The average Bonchev–Trinajstić information content (AvgIpc) is 2.41. The number of benzene rings is 2. The summed E-state index contributed by atoms with van der Waals surface area (Å²) in [6.07, 6.45) is -0.154. The fourth-order valence-corrected chi connectivity index (χ4v) is 2.62. The summed E-state index contributed by atoms with van der Waals surface area (Å²) in [5, 5.41) is 3.38. The zero-order valence-electron chi connectivity index (χ0n) is 12.0. The van der Waals surface area contributed by atoms with Crippen molar-refractivity contribution >= 4 is 5.69 Å². The maximum Gasteiger partial charge on any atom is 0.146 e. The molecular formula is C17H18FNO. The number of anilines is 1. The Morgan fingerprint density at radius 1 is 1.10 bits per heavy atom. The van der Waals surface area contributed by atoms with Gasteiger partial charge in [-0.05, 0) is 55.2 Å². The molecule has 0 aliphatic carbocycles. The predicted octanol–water partition coefficient (Wildman–Crippen LogP) is 4.30. The molecule has 104 valence electrons. The van der Waals surface area contributed by atoms with E-state index >= 15 is 0 Å². The van der Waals surface area contributed by atoms with Crippen LogP contribution in [0.5, 0.6) is 5.75 Å². The highest BCUT2D eigenvalue weighted by Gasteiger charge is 2.23. The fraction of sp³-hybridized carbons (Fsp3) is 0.294. The summed E-state index contributed by atoms with van der Waals surface area (Å²) in [5.41, 5.74) is 4.85. The van der Waals surface area contributed by atoms with Crippen LogP contribution in [-0.2, 0) is 0 Å². The van der Waals surface area contributed by atoms with Crippen LogP contribution in [0.3, 0.4) is 0 Å². The molecule has 0 spiro atoms. The number of aryl methyl sites for hydroxylation is 3. The lowest BCUT2D eigenvalue weighted by atomic mass is 10.0. The van der Waals surface area contributed by atoms with Gasteiger partial charge < -0.3 is 10.1 Å². The Balaban J connectivity index is 1.93. The Morgan fingerprint density at radius 3 is 2.65 bits per heavy atom. The van der Waals surface area contributed by atoms with E-state index in [1.54, 1.807) is 19.1 Å². The lowest BCUT2D eigenvalue weighted by molar-refractivity contribution is 0.208. The molecule has 0 amide bonds. The molecule has 1 unspecified atom stereocenters. The average molecular weight is 271 g/mol. The van der Waals surface area contributed by atoms with E-state index in [0.29, 0.717) is 12.1 Å². The zero-order valence-corrected chi connectivity index (χ0v) is 12.0. The van der Waals surface area contributed by atoms with Crippen molar-refractivity contribution in [2.45, 2.75) is 26.9 Å². The topological polar surface area (TPSA) is 21.3 Å². The molecule has 20 heavy (non-hydrogen) atoms. The lowest BCUT2D eigenvalue weighted by Crippen LogP contribution is -2.24. The molecule has 3 rings (SSSR count). The van der Waals surface area contributed by atoms with E-state index in [0.717, 1.165) is 22.6 Å². The highest BCUT2D eigenvalue weighted by Crippen LogP contribution is 2.37. The first-order chi connectivity index (χ1) is 9.54. The van der Waals surface area contributed by atoms with Gasteiger partial charge in [0.05, 0.1) is 12.2 Å². The normalized spacial score (nSPS) is 17.1. The van der Waals surface area contributed by atoms with E-state index < -0.39 is 0 Å². The van der Waals surface area contributed by atoms with Crippen LogP contribution in [0.4, 0.5) is 10.1 Å². The number of nitrogens with one attached hydrogen (secondary N) is 1. The molecule has 1 heterocycles. The Bertz CT molecular complexity index is 666. The molecule has 1 aliphatic rings. The van der Waals surface area contributed by atoms with Gasteiger partial charge in [0.1, 0.15) is 17.7 Å². The van der Waals surface area contributed by atoms with Crippen molar-refractivity contribution in [2.24, 2.45) is 0 Å². The third-order valence-corrected chi connectivity index (χ3v) is 3.72. The summed E-state index contributed by atoms with van der Waals surface area (Å²) in [4.78, 5) is 0. The third-order valence-electron chi connectivity index (χ3n) is 3.72. The standard InChI is InChI=1S/C17H18FNO/c1-10-6-12(3)17-15(7-10)19-9-16(20-17)13-5-4-11(2)14(18)8-13/h4-8,16,19H,9H2,1-3H3. The highest BCUT2D eigenvalue weighted by atomic mass is 19.1. The molecule has 0 aromatic heterocycles. The van der Waals surface area contributed by atoms with Crippen molar-refractivity contribution < 1.29 is 9.13 Å². The molecule has 0 saturated heterocycles. The largest absolute Gasteiger partial charge is 0.481 e. The molecule has 2 aromatic carbocycles. The number of halogens is 1. The molecule has 2 aromatic rings. The molecule has 0 fully saturated rings. The van der Waals surface area contributed by atoms with E-state index in [-0.39, 0.29) is 11.9 Å². The maximum atomic E-state index is 13.7. The Kier molecular flexibility index (Phi) is 3.13. The highest BCUT2D eigenvalue weighted by molar-refractivity contribution is 5.63. The van der Waals surface area contributed by atoms with E-state index in [4.69, 9.17) is 4.74 Å². The molecule has 1 atom stereocenters. The molecule has 3 heteroatoms. The molecule has 0 saturated carbocycles. The second kappa shape index (κ2) is 4.82. The van der Waals surface area contributed by atoms with Gasteiger partial charge in [-0.3, -0.25) is 0 Å². The lowest BCUT2D eigenvalue weighted by Gasteiger charge is -2.29. The molecular weight excluding hydrogens is 253 g/mol. The number of ether oxygens (including phenoxy) is 1. The second-order valence-electron chi connectivity index (χ2n) is 5.45. The molecule has 1 aliphatic heterocycles. The second-order valence-corrected chi connectivity index (χ2v) is 5.45. The van der Waals surface area contributed by atoms with E-state index in [9.17, 15) is 4.39 Å². The predicted molar refractivity (Wildman–Crippen MR) is 78.9 cm³/mol. The Hall–Kier alpha value is -2.03. The van der Waals surface area contributed by atoms with Crippen LogP contribution in [0.15, 0.2) is 30.3 Å². The smallest absolute Gasteiger partial charge is 0.146 e. The SMILES string of the molecule is Cc1cc(C)c2c(c1)NCC(c1ccc(C)c(F)c1)O2. The minimum Gasteiger partial charge on any atom is -0.481 e. The first-order valence-corrected chi connectivity index (χ1v) is 6.82. The zero-order chi connectivity index (χ0) is 14.3. The monoisotopic (exact) mass is 271 g/mol. The number of fused-ring (bicyclic) bond motifs is 1. The van der Waals surface area contributed by atoms with Crippen LogP contribution in [-0.4, -0.2) is 6.54 Å². The van der Waals surface area contributed by atoms with Gasteiger partial charge in [0.2, 0.25) is 0 Å². The Morgan fingerprint density at radius 2 is 1.90 bits per heavy atom. The molecule has 2 nitrogen and oxygen atoms in total. The van der Waals surface area contributed by atoms with Crippen LogP contribution in [0, 0.1) is 26.6 Å². The fourth-order valence-electron chi connectivity index (χ4n) is 2.62. The summed E-state index contributed by atoms with van der Waals surface area (Å²) in [7, 11) is 0. The van der Waals surface area contributed by atoms with Gasteiger partial charge in [-0.2, -0.15) is 0 Å². The number of rotatable bonds is 1. The van der Waals surface area contributed by atoms with Crippen LogP contribution < -0.4 is 10.1 Å². The van der Waals surface area contributed by atoms with Crippen molar-refractivity contribution in [2.75, 3.05) is 11.9 Å². The minimum atomic E-state index is -0.183. The number of hydrogen-bond acceptors (Lipinski definition) is 2. The summed E-state index contributed by atoms with van der Waals surface area (Å²) in [6, 6.07) is 9.47. The first-order valence-electron chi connectivity index (χ1n) is 6.82. The van der Waals surface area contributed by atoms with Crippen molar-refractivity contribution in [3.05, 3.63) is 58.4 Å². The maximum absolute atomic E-state index is 13.7. The van der Waals surface area contributed by atoms with Crippen molar-refractivity contribution in [1.82, 2.24) is 0 Å². The van der Waals surface area contributed by atoms with Gasteiger partial charge in [0.15, 0.2) is 0 Å². The van der Waals surface area contributed by atoms with E-state index in [1.165, 1.54) is 5.56 Å². The van der Waals surface area contributed by atoms with Gasteiger partial charge in [0, 0.05) is 0 Å². The summed E-state index contributed by atoms with van der Waals surface area (Å²) in [6.45, 7) is 6.52. The van der Waals surface area contributed by atoms with Crippen LogP contribution in [0.1, 0.15) is 28.4 Å². The summed E-state index contributed by atoms with van der Waals surface area (Å²) in [5.74, 6) is 0.686. The third kappa shape index (κ3) is 2.24. The summed E-state index contributed by atoms with van der Waals surface area (Å²) < 4.78 is 19.8. The minimum absolute atomic E-state index is 0.154. The van der Waals surface area contributed by atoms with Crippen LogP contribution >= 0.6 is 0 Å². The van der Waals surface area contributed by atoms with Gasteiger partial charge >= 0.3 is 0 Å². The van der Waals surface area contributed by atoms with E-state index in [1.807, 2.05) is 13.0 Å². The molecule has 1 N–H and O–H groups in total.